The molecule has 0 unspecified atom stereocenters. The summed E-state index contributed by atoms with van der Waals surface area (Å²) in [6.45, 7) is 1.60. The molecule has 4 aromatic rings. The summed E-state index contributed by atoms with van der Waals surface area (Å²) in [5, 5.41) is 16.2. The predicted octanol–water partition coefficient (Wildman–Crippen LogP) is 4.83. The molecule has 0 fully saturated rings. The Labute approximate surface area is 180 Å². The summed E-state index contributed by atoms with van der Waals surface area (Å²) >= 11 is 0. The predicted molar refractivity (Wildman–Crippen MR) is 123 cm³/mol. The number of carbonyl (C=O) groups excluding carboxylic acids is 1. The summed E-state index contributed by atoms with van der Waals surface area (Å²) in [4.78, 5) is 14.9. The van der Waals surface area contributed by atoms with Gasteiger partial charge in [0.05, 0.1) is 6.21 Å². The second kappa shape index (κ2) is 7.95. The maximum absolute atomic E-state index is 12.6. The minimum atomic E-state index is -0.281. The number of hydrazone groups is 1. The third-order valence-electron chi connectivity index (χ3n) is 5.62. The zero-order chi connectivity index (χ0) is 21.2. The van der Waals surface area contributed by atoms with E-state index in [9.17, 15) is 9.90 Å². The highest BCUT2D eigenvalue weighted by molar-refractivity contribution is 6.03. The zero-order valence-electron chi connectivity index (χ0n) is 16.8. The molecule has 5 heteroatoms. The molecule has 0 saturated carbocycles. The quantitative estimate of drug-likeness (QED) is 0.376. The van der Waals surface area contributed by atoms with Gasteiger partial charge in [-0.1, -0.05) is 54.6 Å². The van der Waals surface area contributed by atoms with E-state index in [2.05, 4.69) is 27.6 Å². The van der Waals surface area contributed by atoms with Gasteiger partial charge in [0.15, 0.2) is 0 Å². The van der Waals surface area contributed by atoms with Crippen molar-refractivity contribution in [2.24, 2.45) is 5.10 Å². The van der Waals surface area contributed by atoms with E-state index in [4.69, 9.17) is 0 Å². The lowest BCUT2D eigenvalue weighted by molar-refractivity contribution is 0.0955. The minimum absolute atomic E-state index is 0.121. The number of rotatable bonds is 4. The fraction of sp³-hybridized carbons (Fsp3) is 0.0769. The average molecular weight is 407 g/mol. The molecule has 0 bridgehead atoms. The van der Waals surface area contributed by atoms with Gasteiger partial charge in [0.2, 0.25) is 0 Å². The first-order chi connectivity index (χ1) is 15.2. The number of nitrogens with zero attached hydrogens (tertiary/aromatic N) is 2. The van der Waals surface area contributed by atoms with Crippen LogP contribution in [-0.4, -0.2) is 17.2 Å². The third-order valence-corrected chi connectivity index (χ3v) is 5.62. The van der Waals surface area contributed by atoms with Gasteiger partial charge in [-0.15, -0.1) is 0 Å². The number of aromatic hydroxyl groups is 1. The molecule has 1 amide bonds. The smallest absolute Gasteiger partial charge is 0.271 e. The van der Waals surface area contributed by atoms with E-state index in [0.29, 0.717) is 11.1 Å². The molecule has 1 aliphatic rings. The first-order valence-corrected chi connectivity index (χ1v) is 10.1. The molecule has 5 nitrogen and oxygen atoms in total. The van der Waals surface area contributed by atoms with Crippen LogP contribution < -0.4 is 10.3 Å². The molecule has 2 N–H and O–H groups in total. The van der Waals surface area contributed by atoms with Gasteiger partial charge in [0, 0.05) is 29.9 Å². The normalized spacial score (nSPS) is 13.0. The van der Waals surface area contributed by atoms with Gasteiger partial charge < -0.3 is 10.0 Å². The van der Waals surface area contributed by atoms with Gasteiger partial charge in [-0.3, -0.25) is 4.79 Å². The molecule has 0 spiro atoms. The second-order valence-corrected chi connectivity index (χ2v) is 7.59. The van der Waals surface area contributed by atoms with E-state index >= 15 is 0 Å². The van der Waals surface area contributed by atoms with Crippen molar-refractivity contribution in [3.8, 4) is 5.75 Å². The van der Waals surface area contributed by atoms with Crippen molar-refractivity contribution in [1.82, 2.24) is 5.43 Å². The van der Waals surface area contributed by atoms with Gasteiger partial charge in [-0.05, 0) is 52.2 Å². The number of fused-ring (bicyclic) bond motifs is 2. The largest absolute Gasteiger partial charge is 0.507 e. The highest BCUT2D eigenvalue weighted by Crippen LogP contribution is 2.29. The van der Waals surface area contributed by atoms with E-state index < -0.39 is 0 Å². The molecule has 152 valence electrons. The summed E-state index contributed by atoms with van der Waals surface area (Å²) in [5.41, 5.74) is 7.26. The summed E-state index contributed by atoms with van der Waals surface area (Å²) in [6, 6.07) is 27.2. The number of hydrogen-bond donors (Lipinski definition) is 2. The molecule has 0 aliphatic carbocycles. The van der Waals surface area contributed by atoms with Crippen LogP contribution in [0.4, 0.5) is 5.69 Å². The molecule has 4 aromatic carbocycles. The van der Waals surface area contributed by atoms with Gasteiger partial charge in [0.1, 0.15) is 5.75 Å². The summed E-state index contributed by atoms with van der Waals surface area (Å²) in [7, 11) is 0. The topological polar surface area (TPSA) is 64.9 Å². The van der Waals surface area contributed by atoms with Crippen LogP contribution in [0.3, 0.4) is 0 Å². The van der Waals surface area contributed by atoms with Gasteiger partial charge in [-0.2, -0.15) is 5.10 Å². The number of hydrogen-bond acceptors (Lipinski definition) is 4. The summed E-state index contributed by atoms with van der Waals surface area (Å²) in [5.74, 6) is -0.160. The minimum Gasteiger partial charge on any atom is -0.507 e. The molecule has 1 aliphatic heterocycles. The van der Waals surface area contributed by atoms with E-state index in [1.165, 1.54) is 17.5 Å². The maximum Gasteiger partial charge on any atom is 0.271 e. The monoisotopic (exact) mass is 407 g/mol. The number of phenols is 1. The summed E-state index contributed by atoms with van der Waals surface area (Å²) in [6.07, 6.45) is 1.49. The van der Waals surface area contributed by atoms with Crippen LogP contribution in [-0.2, 0) is 13.1 Å². The lowest BCUT2D eigenvalue weighted by atomic mass is 10.0. The molecule has 5 rings (SSSR count). The van der Waals surface area contributed by atoms with Crippen molar-refractivity contribution in [2.75, 3.05) is 4.90 Å². The van der Waals surface area contributed by atoms with Crippen molar-refractivity contribution < 1.29 is 9.90 Å². The fourth-order valence-electron chi connectivity index (χ4n) is 4.00. The van der Waals surface area contributed by atoms with Crippen LogP contribution >= 0.6 is 0 Å². The van der Waals surface area contributed by atoms with Crippen molar-refractivity contribution >= 4 is 28.6 Å². The Morgan fingerprint density at radius 2 is 1.68 bits per heavy atom. The van der Waals surface area contributed by atoms with Crippen LogP contribution in [0.5, 0.6) is 5.75 Å². The van der Waals surface area contributed by atoms with Crippen molar-refractivity contribution in [1.29, 1.82) is 0 Å². The maximum atomic E-state index is 12.6. The van der Waals surface area contributed by atoms with Crippen LogP contribution in [0.2, 0.25) is 0 Å². The molecule has 0 radical (unpaired) electrons. The van der Waals surface area contributed by atoms with E-state index in [1.54, 1.807) is 6.07 Å². The second-order valence-electron chi connectivity index (χ2n) is 7.59. The molecule has 0 atom stereocenters. The number of amides is 1. The standard InChI is InChI=1S/C26H21N3O2/c30-25-13-12-18-6-4-5-9-23(18)24(25)15-27-28-26(31)19-10-11-20-16-29(17-21(20)14-19)22-7-2-1-3-8-22/h1-15,30H,16-17H2,(H,28,31)/b27-15+. The first-order valence-electron chi connectivity index (χ1n) is 10.1. The molecule has 0 saturated heterocycles. The Hall–Kier alpha value is -4.12. The molecular formula is C26H21N3O2. The van der Waals surface area contributed by atoms with Crippen LogP contribution in [0.1, 0.15) is 27.0 Å². The van der Waals surface area contributed by atoms with Crippen molar-refractivity contribution in [2.45, 2.75) is 13.1 Å². The van der Waals surface area contributed by atoms with Crippen LogP contribution in [0.25, 0.3) is 10.8 Å². The number of carbonyl (C=O) groups is 1. The lowest BCUT2D eigenvalue weighted by Gasteiger charge is -2.17. The SMILES string of the molecule is O=C(N/N=C/c1c(O)ccc2ccccc12)c1ccc2c(c1)CN(c1ccccc1)C2. The molecular weight excluding hydrogens is 386 g/mol. The zero-order valence-corrected chi connectivity index (χ0v) is 16.8. The Morgan fingerprint density at radius 3 is 2.55 bits per heavy atom. The Bertz CT molecular complexity index is 1300. The first kappa shape index (κ1) is 18.9. The lowest BCUT2D eigenvalue weighted by Crippen LogP contribution is -2.18. The number of anilines is 1. The Balaban J connectivity index is 1.31. The Morgan fingerprint density at radius 1 is 0.903 bits per heavy atom. The molecule has 1 heterocycles. The van der Waals surface area contributed by atoms with Crippen LogP contribution in [0, 0.1) is 0 Å². The Kier molecular flexibility index (Phi) is 4.84. The van der Waals surface area contributed by atoms with Gasteiger partial charge >= 0.3 is 0 Å². The van der Waals surface area contributed by atoms with Crippen molar-refractivity contribution in [3.05, 3.63) is 107 Å². The third kappa shape index (κ3) is 3.73. The van der Waals surface area contributed by atoms with Crippen LogP contribution in [0.15, 0.2) is 90.0 Å². The molecule has 0 aromatic heterocycles. The fourth-order valence-corrected chi connectivity index (χ4v) is 4.00. The summed E-state index contributed by atoms with van der Waals surface area (Å²) < 4.78 is 0. The van der Waals surface area contributed by atoms with E-state index in [-0.39, 0.29) is 11.7 Å². The van der Waals surface area contributed by atoms with Gasteiger partial charge in [0.25, 0.3) is 5.91 Å². The van der Waals surface area contributed by atoms with E-state index in [1.807, 2.05) is 66.7 Å². The number of phenolic OH excluding ortho intramolecular Hbond substituents is 1. The average Bonchev–Trinajstić information content (AvgIpc) is 3.24. The van der Waals surface area contributed by atoms with E-state index in [0.717, 1.165) is 29.4 Å². The number of nitrogens with one attached hydrogen (secondary N) is 1. The number of para-hydroxylation sites is 1. The molecule has 31 heavy (non-hydrogen) atoms. The van der Waals surface area contributed by atoms with Crippen molar-refractivity contribution in [3.63, 3.8) is 0 Å². The van der Waals surface area contributed by atoms with Gasteiger partial charge in [-0.25, -0.2) is 5.43 Å². The number of benzene rings is 4. The highest BCUT2D eigenvalue weighted by Gasteiger charge is 2.20. The highest BCUT2D eigenvalue weighted by atomic mass is 16.3.